The summed E-state index contributed by atoms with van der Waals surface area (Å²) in [5.41, 5.74) is 0.334. The first-order valence-electron chi connectivity index (χ1n) is 5.83. The van der Waals surface area contributed by atoms with Crippen LogP contribution in [0, 0.1) is 10.1 Å². The molecule has 0 atom stereocenters. The van der Waals surface area contributed by atoms with Crippen LogP contribution in [0.15, 0.2) is 36.4 Å². The van der Waals surface area contributed by atoms with Crippen LogP contribution in [0.5, 0.6) is 5.75 Å². The number of hydrogen-bond acceptors (Lipinski definition) is 4. The second-order valence-corrected chi connectivity index (χ2v) is 4.87. The summed E-state index contributed by atoms with van der Waals surface area (Å²) in [7, 11) is 0. The minimum Gasteiger partial charge on any atom is -0.486 e. The maximum atomic E-state index is 11.0. The predicted molar refractivity (Wildman–Crippen MR) is 79.3 cm³/mol. The zero-order valence-electron chi connectivity index (χ0n) is 10.6. The van der Waals surface area contributed by atoms with Crippen LogP contribution in [-0.4, -0.2) is 11.2 Å². The van der Waals surface area contributed by atoms with Crippen LogP contribution in [0.3, 0.4) is 0 Å². The number of carbonyl (C=O) groups excluding carboxylic acids is 1. The zero-order chi connectivity index (χ0) is 15.4. The van der Waals surface area contributed by atoms with Gasteiger partial charge in [0.25, 0.3) is 5.69 Å². The molecule has 0 bridgehead atoms. The van der Waals surface area contributed by atoms with E-state index in [1.807, 2.05) is 0 Å². The molecule has 0 fully saturated rings. The molecule has 0 N–H and O–H groups in total. The molecule has 108 valence electrons. The van der Waals surface area contributed by atoms with Crippen LogP contribution in [0.2, 0.25) is 10.0 Å². The molecule has 0 amide bonds. The molecular formula is C14H9Cl2NO4. The average Bonchev–Trinajstić information content (AvgIpc) is 2.46. The third kappa shape index (κ3) is 3.32. The Hall–Kier alpha value is -2.11. The van der Waals surface area contributed by atoms with E-state index in [4.69, 9.17) is 27.9 Å². The first kappa shape index (κ1) is 15.3. The van der Waals surface area contributed by atoms with Crippen molar-refractivity contribution in [3.05, 3.63) is 67.7 Å². The molecule has 0 aliphatic rings. The van der Waals surface area contributed by atoms with Crippen LogP contribution >= 0.6 is 23.2 Å². The highest BCUT2D eigenvalue weighted by Crippen LogP contribution is 2.31. The lowest BCUT2D eigenvalue weighted by atomic mass is 10.2. The monoisotopic (exact) mass is 325 g/mol. The Balaban J connectivity index is 2.33. The molecular weight excluding hydrogens is 317 g/mol. The minimum atomic E-state index is -0.544. The van der Waals surface area contributed by atoms with Gasteiger partial charge >= 0.3 is 0 Å². The number of hydrogen-bond donors (Lipinski definition) is 0. The van der Waals surface area contributed by atoms with Crippen LogP contribution in [0.4, 0.5) is 5.69 Å². The molecule has 0 saturated carbocycles. The van der Waals surface area contributed by atoms with E-state index in [1.165, 1.54) is 24.3 Å². The molecule has 0 aliphatic carbocycles. The number of nitro groups is 1. The molecule has 21 heavy (non-hydrogen) atoms. The molecule has 7 heteroatoms. The molecule has 2 rings (SSSR count). The van der Waals surface area contributed by atoms with Crippen molar-refractivity contribution in [1.82, 2.24) is 0 Å². The van der Waals surface area contributed by atoms with Crippen molar-refractivity contribution in [1.29, 1.82) is 0 Å². The highest BCUT2D eigenvalue weighted by molar-refractivity contribution is 6.32. The Morgan fingerprint density at radius 1 is 1.14 bits per heavy atom. The Morgan fingerprint density at radius 2 is 1.81 bits per heavy atom. The summed E-state index contributed by atoms with van der Waals surface area (Å²) in [5, 5.41) is 11.4. The van der Waals surface area contributed by atoms with Crippen molar-refractivity contribution in [2.45, 2.75) is 6.61 Å². The topological polar surface area (TPSA) is 69.4 Å². The van der Waals surface area contributed by atoms with Gasteiger partial charge in [-0.1, -0.05) is 35.3 Å². The first-order valence-corrected chi connectivity index (χ1v) is 6.58. The molecule has 0 aromatic heterocycles. The number of benzene rings is 2. The Labute approximate surface area is 130 Å². The lowest BCUT2D eigenvalue weighted by Gasteiger charge is -2.11. The van der Waals surface area contributed by atoms with Gasteiger partial charge in [0.15, 0.2) is 6.29 Å². The standard InChI is InChI=1S/C14H9Cl2NO4/c15-11-4-2-6-13(17(19)20)10(11)8-21-14-9(7-18)3-1-5-12(14)16/h1-7H,8H2. The van der Waals surface area contributed by atoms with Crippen molar-refractivity contribution in [3.8, 4) is 5.75 Å². The first-order chi connectivity index (χ1) is 10.0. The summed E-state index contributed by atoms with van der Waals surface area (Å²) in [6.07, 6.45) is 0.599. The normalized spacial score (nSPS) is 10.2. The van der Waals surface area contributed by atoms with Crippen molar-refractivity contribution < 1.29 is 14.5 Å². The fraction of sp³-hybridized carbons (Fsp3) is 0.0714. The van der Waals surface area contributed by atoms with Gasteiger partial charge in [-0.2, -0.15) is 0 Å². The van der Waals surface area contributed by atoms with Crippen molar-refractivity contribution in [2.75, 3.05) is 0 Å². The molecule has 2 aromatic rings. The van der Waals surface area contributed by atoms with E-state index in [0.717, 1.165) is 0 Å². The van der Waals surface area contributed by atoms with E-state index in [2.05, 4.69) is 0 Å². The summed E-state index contributed by atoms with van der Waals surface area (Å²) in [5.74, 6) is 0.170. The maximum Gasteiger partial charge on any atom is 0.277 e. The molecule has 0 spiro atoms. The summed E-state index contributed by atoms with van der Waals surface area (Å²) in [4.78, 5) is 21.4. The highest BCUT2D eigenvalue weighted by Gasteiger charge is 2.18. The molecule has 0 unspecified atom stereocenters. The summed E-state index contributed by atoms with van der Waals surface area (Å²) in [6.45, 7) is -0.166. The largest absolute Gasteiger partial charge is 0.486 e. The van der Waals surface area contributed by atoms with Gasteiger partial charge in [-0.05, 0) is 18.2 Å². The fourth-order valence-electron chi connectivity index (χ4n) is 1.78. The summed E-state index contributed by atoms with van der Waals surface area (Å²) < 4.78 is 5.46. The van der Waals surface area contributed by atoms with Gasteiger partial charge in [0.05, 0.1) is 26.1 Å². The number of carbonyl (C=O) groups is 1. The number of ether oxygens (including phenoxy) is 1. The molecule has 0 aliphatic heterocycles. The van der Waals surface area contributed by atoms with Crippen LogP contribution in [0.25, 0.3) is 0 Å². The predicted octanol–water partition coefficient (Wildman–Crippen LogP) is 4.29. The molecule has 0 radical (unpaired) electrons. The van der Waals surface area contributed by atoms with Gasteiger partial charge in [-0.25, -0.2) is 0 Å². The van der Waals surface area contributed by atoms with Crippen molar-refractivity contribution in [3.63, 3.8) is 0 Å². The maximum absolute atomic E-state index is 11.0. The van der Waals surface area contributed by atoms with E-state index in [9.17, 15) is 14.9 Å². The molecule has 0 saturated heterocycles. The third-order valence-corrected chi connectivity index (χ3v) is 3.43. The van der Waals surface area contributed by atoms with E-state index < -0.39 is 4.92 Å². The smallest absolute Gasteiger partial charge is 0.277 e. The molecule has 2 aromatic carbocycles. The van der Waals surface area contributed by atoms with Crippen LogP contribution < -0.4 is 4.74 Å². The number of halogens is 2. The van der Waals surface area contributed by atoms with Gasteiger partial charge in [-0.15, -0.1) is 0 Å². The Morgan fingerprint density at radius 3 is 2.48 bits per heavy atom. The van der Waals surface area contributed by atoms with E-state index in [0.29, 0.717) is 6.29 Å². The van der Waals surface area contributed by atoms with Gasteiger partial charge < -0.3 is 4.74 Å². The van der Waals surface area contributed by atoms with E-state index in [-0.39, 0.29) is 39.2 Å². The van der Waals surface area contributed by atoms with Crippen molar-refractivity contribution in [2.24, 2.45) is 0 Å². The Bertz CT molecular complexity index is 703. The van der Waals surface area contributed by atoms with Crippen molar-refractivity contribution >= 4 is 35.2 Å². The number of aldehydes is 1. The summed E-state index contributed by atoms with van der Waals surface area (Å²) in [6, 6.07) is 9.05. The van der Waals surface area contributed by atoms with Crippen LogP contribution in [-0.2, 0) is 6.61 Å². The van der Waals surface area contributed by atoms with E-state index >= 15 is 0 Å². The van der Waals surface area contributed by atoms with Gasteiger partial charge in [0.1, 0.15) is 12.4 Å². The minimum absolute atomic E-state index is 0.151. The molecule has 0 heterocycles. The SMILES string of the molecule is O=Cc1cccc(Cl)c1OCc1c(Cl)cccc1[N+](=O)[O-]. The number of para-hydroxylation sites is 1. The average molecular weight is 326 g/mol. The van der Waals surface area contributed by atoms with E-state index in [1.54, 1.807) is 12.1 Å². The lowest BCUT2D eigenvalue weighted by molar-refractivity contribution is -0.385. The second-order valence-electron chi connectivity index (χ2n) is 4.06. The van der Waals surface area contributed by atoms with Gasteiger partial charge in [0.2, 0.25) is 0 Å². The quantitative estimate of drug-likeness (QED) is 0.467. The Kier molecular flexibility index (Phi) is 4.77. The zero-order valence-corrected chi connectivity index (χ0v) is 12.1. The highest BCUT2D eigenvalue weighted by atomic mass is 35.5. The lowest BCUT2D eigenvalue weighted by Crippen LogP contribution is -2.03. The van der Waals surface area contributed by atoms with Gasteiger partial charge in [-0.3, -0.25) is 14.9 Å². The van der Waals surface area contributed by atoms with Crippen LogP contribution in [0.1, 0.15) is 15.9 Å². The fourth-order valence-corrected chi connectivity index (χ4v) is 2.24. The number of rotatable bonds is 5. The summed E-state index contributed by atoms with van der Waals surface area (Å²) >= 11 is 11.9. The molecule has 5 nitrogen and oxygen atoms in total. The second kappa shape index (κ2) is 6.56. The number of nitro benzene ring substituents is 1. The number of nitrogens with zero attached hydrogens (tertiary/aromatic N) is 1. The third-order valence-electron chi connectivity index (χ3n) is 2.78. The van der Waals surface area contributed by atoms with Gasteiger partial charge in [0, 0.05) is 6.07 Å².